The van der Waals surface area contributed by atoms with Crippen LogP contribution in [0.5, 0.6) is 5.75 Å². The lowest BCUT2D eigenvalue weighted by atomic mass is 10.1. The zero-order chi connectivity index (χ0) is 13.0. The molecule has 0 spiro atoms. The van der Waals surface area contributed by atoms with Crippen molar-refractivity contribution in [3.63, 3.8) is 0 Å². The van der Waals surface area contributed by atoms with Gasteiger partial charge in [0.05, 0.1) is 12.3 Å². The maximum atomic E-state index is 12.0. The van der Waals surface area contributed by atoms with Gasteiger partial charge in [-0.15, -0.1) is 0 Å². The molecule has 1 aliphatic rings. The molecule has 0 heterocycles. The molecule has 0 saturated heterocycles. The van der Waals surface area contributed by atoms with Crippen molar-refractivity contribution in [2.24, 2.45) is 0 Å². The van der Waals surface area contributed by atoms with Gasteiger partial charge in [0.2, 0.25) is 0 Å². The van der Waals surface area contributed by atoms with Gasteiger partial charge in [-0.25, -0.2) is 0 Å². The highest BCUT2D eigenvalue weighted by Gasteiger charge is 2.18. The van der Waals surface area contributed by atoms with E-state index in [0.717, 1.165) is 12.8 Å². The average molecular weight is 248 g/mol. The molecule has 3 N–H and O–H groups in total. The Morgan fingerprint density at radius 3 is 2.78 bits per heavy atom. The fraction of sp³-hybridized carbons (Fsp3) is 0.500. The van der Waals surface area contributed by atoms with Gasteiger partial charge in [-0.3, -0.25) is 4.79 Å². The van der Waals surface area contributed by atoms with E-state index in [9.17, 15) is 4.79 Å². The molecule has 2 rings (SSSR count). The van der Waals surface area contributed by atoms with Crippen LogP contribution in [0.4, 0.5) is 5.69 Å². The van der Waals surface area contributed by atoms with E-state index >= 15 is 0 Å². The molecule has 98 valence electrons. The lowest BCUT2D eigenvalue weighted by Crippen LogP contribution is -2.32. The van der Waals surface area contributed by atoms with Gasteiger partial charge in [-0.05, 0) is 38.0 Å². The second-order valence-electron chi connectivity index (χ2n) is 4.64. The van der Waals surface area contributed by atoms with Crippen molar-refractivity contribution in [1.82, 2.24) is 5.32 Å². The number of carbonyl (C=O) groups excluding carboxylic acids is 1. The van der Waals surface area contributed by atoms with E-state index in [2.05, 4.69) is 5.32 Å². The molecule has 0 unspecified atom stereocenters. The highest BCUT2D eigenvalue weighted by Crippen LogP contribution is 2.23. The maximum absolute atomic E-state index is 12.0. The minimum Gasteiger partial charge on any atom is -0.492 e. The molecular weight excluding hydrogens is 228 g/mol. The SMILES string of the molecule is CCOc1ccc(C(=O)NC2CCCC2)cc1N. The fourth-order valence-electron chi connectivity index (χ4n) is 2.32. The van der Waals surface area contributed by atoms with Gasteiger partial charge in [0, 0.05) is 11.6 Å². The van der Waals surface area contributed by atoms with Gasteiger partial charge in [0.1, 0.15) is 5.75 Å². The van der Waals surface area contributed by atoms with Crippen molar-refractivity contribution in [1.29, 1.82) is 0 Å². The predicted octanol–water partition coefficient (Wildman–Crippen LogP) is 2.34. The number of nitrogens with two attached hydrogens (primary N) is 1. The number of carbonyl (C=O) groups is 1. The van der Waals surface area contributed by atoms with Crippen LogP contribution in [0, 0.1) is 0 Å². The molecular formula is C14H20N2O2. The summed E-state index contributed by atoms with van der Waals surface area (Å²) in [4.78, 5) is 12.0. The summed E-state index contributed by atoms with van der Waals surface area (Å²) in [5.74, 6) is 0.589. The molecule has 0 radical (unpaired) electrons. The van der Waals surface area contributed by atoms with E-state index in [0.29, 0.717) is 29.6 Å². The number of ether oxygens (including phenoxy) is 1. The van der Waals surface area contributed by atoms with E-state index in [1.165, 1.54) is 12.8 Å². The van der Waals surface area contributed by atoms with Crippen LogP contribution in [0.2, 0.25) is 0 Å². The minimum absolute atomic E-state index is 0.0448. The molecule has 0 bridgehead atoms. The van der Waals surface area contributed by atoms with Crippen LogP contribution in [0.3, 0.4) is 0 Å². The number of rotatable bonds is 4. The van der Waals surface area contributed by atoms with Crippen LogP contribution < -0.4 is 15.8 Å². The standard InChI is InChI=1S/C14H20N2O2/c1-2-18-13-8-7-10(9-12(13)15)14(17)16-11-5-3-4-6-11/h7-9,11H,2-6,15H2,1H3,(H,16,17). The van der Waals surface area contributed by atoms with Gasteiger partial charge in [-0.1, -0.05) is 12.8 Å². The summed E-state index contributed by atoms with van der Waals surface area (Å²) in [6.45, 7) is 2.47. The first-order chi connectivity index (χ1) is 8.70. The van der Waals surface area contributed by atoms with Gasteiger partial charge in [0.25, 0.3) is 5.91 Å². The number of benzene rings is 1. The number of amides is 1. The minimum atomic E-state index is -0.0448. The largest absolute Gasteiger partial charge is 0.492 e. The zero-order valence-electron chi connectivity index (χ0n) is 10.7. The number of hydrogen-bond acceptors (Lipinski definition) is 3. The van der Waals surface area contributed by atoms with E-state index in [-0.39, 0.29) is 5.91 Å². The summed E-state index contributed by atoms with van der Waals surface area (Å²) < 4.78 is 5.35. The maximum Gasteiger partial charge on any atom is 0.251 e. The molecule has 1 fully saturated rings. The van der Waals surface area contributed by atoms with Crippen molar-refractivity contribution >= 4 is 11.6 Å². The van der Waals surface area contributed by atoms with Crippen molar-refractivity contribution in [3.05, 3.63) is 23.8 Å². The Balaban J connectivity index is 2.03. The number of nitrogens with one attached hydrogen (secondary N) is 1. The van der Waals surface area contributed by atoms with Crippen LogP contribution in [0.15, 0.2) is 18.2 Å². The van der Waals surface area contributed by atoms with E-state index in [1.807, 2.05) is 6.92 Å². The lowest BCUT2D eigenvalue weighted by molar-refractivity contribution is 0.0938. The first-order valence-corrected chi connectivity index (χ1v) is 6.54. The Labute approximate surface area is 108 Å². The summed E-state index contributed by atoms with van der Waals surface area (Å²) in [6.07, 6.45) is 4.57. The van der Waals surface area contributed by atoms with E-state index < -0.39 is 0 Å². The molecule has 4 nitrogen and oxygen atoms in total. The average Bonchev–Trinajstić information content (AvgIpc) is 2.84. The lowest BCUT2D eigenvalue weighted by Gasteiger charge is -2.13. The second-order valence-corrected chi connectivity index (χ2v) is 4.64. The highest BCUT2D eigenvalue weighted by atomic mass is 16.5. The topological polar surface area (TPSA) is 64.3 Å². The van der Waals surface area contributed by atoms with Crippen molar-refractivity contribution in [2.75, 3.05) is 12.3 Å². The smallest absolute Gasteiger partial charge is 0.251 e. The van der Waals surface area contributed by atoms with Crippen molar-refractivity contribution in [3.8, 4) is 5.75 Å². The summed E-state index contributed by atoms with van der Waals surface area (Å²) >= 11 is 0. The third kappa shape index (κ3) is 2.94. The number of nitrogen functional groups attached to an aromatic ring is 1. The molecule has 1 saturated carbocycles. The molecule has 4 heteroatoms. The Morgan fingerprint density at radius 1 is 1.44 bits per heavy atom. The monoisotopic (exact) mass is 248 g/mol. The first-order valence-electron chi connectivity index (χ1n) is 6.54. The van der Waals surface area contributed by atoms with Crippen LogP contribution in [0.1, 0.15) is 43.0 Å². The normalized spacial score (nSPS) is 15.6. The quantitative estimate of drug-likeness (QED) is 0.804. The van der Waals surface area contributed by atoms with Crippen LogP contribution in [-0.4, -0.2) is 18.6 Å². The van der Waals surface area contributed by atoms with E-state index in [4.69, 9.17) is 10.5 Å². The van der Waals surface area contributed by atoms with Crippen LogP contribution in [0.25, 0.3) is 0 Å². The third-order valence-corrected chi connectivity index (χ3v) is 3.26. The zero-order valence-corrected chi connectivity index (χ0v) is 10.7. The molecule has 18 heavy (non-hydrogen) atoms. The third-order valence-electron chi connectivity index (χ3n) is 3.26. The Morgan fingerprint density at radius 2 is 2.17 bits per heavy atom. The Bertz CT molecular complexity index is 426. The van der Waals surface area contributed by atoms with E-state index in [1.54, 1.807) is 18.2 Å². The Kier molecular flexibility index (Phi) is 4.07. The predicted molar refractivity (Wildman–Crippen MR) is 71.7 cm³/mol. The van der Waals surface area contributed by atoms with Crippen LogP contribution >= 0.6 is 0 Å². The van der Waals surface area contributed by atoms with Gasteiger partial charge >= 0.3 is 0 Å². The summed E-state index contributed by atoms with van der Waals surface area (Å²) in [6, 6.07) is 5.51. The summed E-state index contributed by atoms with van der Waals surface area (Å²) in [5.41, 5.74) is 6.96. The molecule has 0 aromatic heterocycles. The Hall–Kier alpha value is -1.71. The first kappa shape index (κ1) is 12.7. The molecule has 1 aliphatic carbocycles. The van der Waals surface area contributed by atoms with Gasteiger partial charge in [0.15, 0.2) is 0 Å². The van der Waals surface area contributed by atoms with Crippen molar-refractivity contribution in [2.45, 2.75) is 38.6 Å². The van der Waals surface area contributed by atoms with Gasteiger partial charge < -0.3 is 15.8 Å². The van der Waals surface area contributed by atoms with Crippen LogP contribution in [-0.2, 0) is 0 Å². The van der Waals surface area contributed by atoms with Gasteiger partial charge in [-0.2, -0.15) is 0 Å². The summed E-state index contributed by atoms with van der Waals surface area (Å²) in [5, 5.41) is 3.04. The fourth-order valence-corrected chi connectivity index (χ4v) is 2.32. The molecule has 0 atom stereocenters. The highest BCUT2D eigenvalue weighted by molar-refractivity contribution is 5.95. The number of anilines is 1. The molecule has 1 aromatic rings. The molecule has 1 amide bonds. The van der Waals surface area contributed by atoms with Crippen molar-refractivity contribution < 1.29 is 9.53 Å². The summed E-state index contributed by atoms with van der Waals surface area (Å²) in [7, 11) is 0. The molecule has 1 aromatic carbocycles. The molecule has 0 aliphatic heterocycles. The number of hydrogen-bond donors (Lipinski definition) is 2. The second kappa shape index (κ2) is 5.76.